The minimum Gasteiger partial charge on any atom is -0.494 e. The highest BCUT2D eigenvalue weighted by atomic mass is 32.1. The number of hydrogen-bond donors (Lipinski definition) is 0. The van der Waals surface area contributed by atoms with Crippen molar-refractivity contribution in [3.8, 4) is 5.75 Å². The van der Waals surface area contributed by atoms with Gasteiger partial charge in [-0.15, -0.1) is 11.3 Å². The lowest BCUT2D eigenvalue weighted by Crippen LogP contribution is -2.39. The average molecular weight is 464 g/mol. The molecule has 0 aliphatic carbocycles. The summed E-state index contributed by atoms with van der Waals surface area (Å²) in [5.41, 5.74) is 0.511. The number of piperidine rings is 1. The van der Waals surface area contributed by atoms with Crippen LogP contribution in [0.5, 0.6) is 5.75 Å². The third-order valence-corrected chi connectivity index (χ3v) is 5.79. The van der Waals surface area contributed by atoms with E-state index in [1.807, 2.05) is 0 Å². The maximum Gasteiger partial charge on any atom is 0.458 e. The van der Waals surface area contributed by atoms with Gasteiger partial charge >= 0.3 is 18.2 Å². The van der Waals surface area contributed by atoms with E-state index in [9.17, 15) is 26.7 Å². The Morgan fingerprint density at radius 1 is 1.19 bits per heavy atom. The van der Waals surface area contributed by atoms with Crippen LogP contribution in [0.4, 0.5) is 26.7 Å². The summed E-state index contributed by atoms with van der Waals surface area (Å²) in [5.74, 6) is -4.72. The Bertz CT molecular complexity index is 853. The van der Waals surface area contributed by atoms with Gasteiger partial charge in [0.15, 0.2) is 0 Å². The normalized spacial score (nSPS) is 15.7. The number of aromatic nitrogens is 1. The van der Waals surface area contributed by atoms with E-state index in [-0.39, 0.29) is 31.0 Å². The molecule has 1 aromatic heterocycles. The number of carbonyl (C=O) groups excluding carboxylic acids is 1. The molecule has 0 saturated carbocycles. The van der Waals surface area contributed by atoms with Gasteiger partial charge in [-0.25, -0.2) is 4.79 Å². The van der Waals surface area contributed by atoms with Gasteiger partial charge in [0.25, 0.3) is 0 Å². The molecule has 3 rings (SSSR count). The molecule has 5 nitrogen and oxygen atoms in total. The first-order chi connectivity index (χ1) is 14.7. The van der Waals surface area contributed by atoms with E-state index < -0.39 is 17.7 Å². The van der Waals surface area contributed by atoms with Crippen molar-refractivity contribution in [2.75, 3.05) is 19.7 Å². The van der Waals surface area contributed by atoms with E-state index in [2.05, 4.69) is 4.98 Å². The van der Waals surface area contributed by atoms with Gasteiger partial charge in [0.05, 0.1) is 17.0 Å². The predicted octanol–water partition coefficient (Wildman–Crippen LogP) is 5.61. The molecule has 0 unspecified atom stereocenters. The van der Waals surface area contributed by atoms with Crippen LogP contribution in [0.2, 0.25) is 0 Å². The number of amides is 1. The van der Waals surface area contributed by atoms with Crippen molar-refractivity contribution in [1.29, 1.82) is 0 Å². The van der Waals surface area contributed by atoms with Gasteiger partial charge in [-0.05, 0) is 37.3 Å². The largest absolute Gasteiger partial charge is 0.494 e. The Kier molecular flexibility index (Phi) is 7.34. The van der Waals surface area contributed by atoms with Crippen LogP contribution in [0.3, 0.4) is 0 Å². The van der Waals surface area contributed by atoms with Crippen molar-refractivity contribution >= 4 is 17.4 Å². The topological polar surface area (TPSA) is 51.7 Å². The van der Waals surface area contributed by atoms with Crippen LogP contribution < -0.4 is 4.74 Å². The molecular weight excluding hydrogens is 443 g/mol. The molecule has 1 aromatic carbocycles. The van der Waals surface area contributed by atoms with Crippen LogP contribution in [0.15, 0.2) is 36.0 Å². The Balaban J connectivity index is 1.40. The zero-order valence-electron chi connectivity index (χ0n) is 16.4. The maximum atomic E-state index is 13.5. The second kappa shape index (κ2) is 9.80. The average Bonchev–Trinajstić information content (AvgIpc) is 3.26. The molecule has 1 saturated heterocycles. The van der Waals surface area contributed by atoms with Crippen molar-refractivity contribution in [3.63, 3.8) is 0 Å². The lowest BCUT2D eigenvalue weighted by molar-refractivity contribution is -0.289. The number of hydrogen-bond acceptors (Lipinski definition) is 5. The van der Waals surface area contributed by atoms with Crippen LogP contribution in [0.1, 0.15) is 29.7 Å². The minimum atomic E-state index is -5.67. The van der Waals surface area contributed by atoms with Crippen LogP contribution in [0.25, 0.3) is 0 Å². The number of ether oxygens (including phenoxy) is 2. The monoisotopic (exact) mass is 464 g/mol. The summed E-state index contributed by atoms with van der Waals surface area (Å²) in [7, 11) is 0. The number of rotatable bonds is 7. The van der Waals surface area contributed by atoms with Gasteiger partial charge in [0.2, 0.25) is 0 Å². The summed E-state index contributed by atoms with van der Waals surface area (Å²) in [4.78, 5) is 18.5. The number of nitrogens with zero attached hydrogens (tertiary/aromatic N) is 2. The molecule has 31 heavy (non-hydrogen) atoms. The first-order valence-corrected chi connectivity index (χ1v) is 10.5. The molecule has 1 fully saturated rings. The molecule has 11 heteroatoms. The number of thiazole rings is 1. The number of halogens is 5. The summed E-state index contributed by atoms with van der Waals surface area (Å²) in [6, 6.07) is 3.90. The number of carbonyl (C=O) groups is 1. The van der Waals surface area contributed by atoms with Gasteiger partial charge in [-0.3, -0.25) is 4.98 Å². The minimum absolute atomic E-state index is 0.0366. The Hall–Kier alpha value is -2.43. The number of alkyl halides is 5. The third kappa shape index (κ3) is 6.05. The molecule has 1 aliphatic rings. The zero-order chi connectivity index (χ0) is 22.5. The SMILES string of the molecule is O=C(OCc1cncs1)N1CCC(CCOc2cccc(C(F)(F)C(F)(F)F)c2)CC1. The van der Waals surface area contributed by atoms with Gasteiger partial charge in [-0.2, -0.15) is 22.0 Å². The van der Waals surface area contributed by atoms with E-state index in [0.717, 1.165) is 35.9 Å². The highest BCUT2D eigenvalue weighted by Gasteiger charge is 2.58. The van der Waals surface area contributed by atoms with E-state index in [4.69, 9.17) is 9.47 Å². The predicted molar refractivity (Wildman–Crippen MR) is 103 cm³/mol. The first kappa shape index (κ1) is 23.2. The molecule has 170 valence electrons. The highest BCUT2D eigenvalue weighted by Crippen LogP contribution is 2.44. The van der Waals surface area contributed by atoms with Crippen LogP contribution in [-0.2, 0) is 17.3 Å². The molecular formula is C20H21F5N2O3S. The summed E-state index contributed by atoms with van der Waals surface area (Å²) >= 11 is 1.40. The van der Waals surface area contributed by atoms with E-state index in [1.165, 1.54) is 17.4 Å². The third-order valence-electron chi connectivity index (χ3n) is 5.04. The van der Waals surface area contributed by atoms with Gasteiger partial charge in [0.1, 0.15) is 12.4 Å². The Labute approximate surface area is 179 Å². The molecule has 2 aromatic rings. The fourth-order valence-corrected chi connectivity index (χ4v) is 3.74. The van der Waals surface area contributed by atoms with Crippen molar-refractivity contribution in [2.45, 2.75) is 38.0 Å². The molecule has 0 bridgehead atoms. The summed E-state index contributed by atoms with van der Waals surface area (Å²) in [5, 5.41) is 0. The van der Waals surface area contributed by atoms with Crippen molar-refractivity contribution in [3.05, 3.63) is 46.4 Å². The molecule has 2 heterocycles. The second-order valence-electron chi connectivity index (χ2n) is 7.19. The molecule has 1 amide bonds. The van der Waals surface area contributed by atoms with E-state index >= 15 is 0 Å². The Morgan fingerprint density at radius 2 is 1.94 bits per heavy atom. The first-order valence-electron chi connectivity index (χ1n) is 9.64. The zero-order valence-corrected chi connectivity index (χ0v) is 17.2. The number of benzene rings is 1. The fourth-order valence-electron chi connectivity index (χ4n) is 3.23. The molecule has 1 aliphatic heterocycles. The van der Waals surface area contributed by atoms with Gasteiger partial charge < -0.3 is 14.4 Å². The maximum absolute atomic E-state index is 13.5. The molecule has 0 N–H and O–H groups in total. The molecule has 0 atom stereocenters. The lowest BCUT2D eigenvalue weighted by atomic mass is 9.94. The summed E-state index contributed by atoms with van der Waals surface area (Å²) in [6.07, 6.45) is -2.35. The van der Waals surface area contributed by atoms with E-state index in [1.54, 1.807) is 16.6 Å². The Morgan fingerprint density at radius 3 is 2.58 bits per heavy atom. The van der Waals surface area contributed by atoms with Crippen molar-refractivity contribution < 1.29 is 36.2 Å². The summed E-state index contributed by atoms with van der Waals surface area (Å²) < 4.78 is 75.2. The number of likely N-dealkylation sites (tertiary alicyclic amines) is 1. The summed E-state index contributed by atoms with van der Waals surface area (Å²) in [6.45, 7) is 1.42. The molecule has 0 radical (unpaired) electrons. The fraction of sp³-hybridized carbons (Fsp3) is 0.500. The standard InChI is InChI=1S/C20H21F5N2O3S/c21-19(22,20(23,24)25)15-2-1-3-16(10-15)29-9-6-14-4-7-27(8-5-14)18(28)30-12-17-11-26-13-31-17/h1-3,10-11,13-14H,4-9,12H2. The van der Waals surface area contributed by atoms with Crippen LogP contribution in [-0.4, -0.2) is 41.8 Å². The van der Waals surface area contributed by atoms with Crippen LogP contribution >= 0.6 is 11.3 Å². The van der Waals surface area contributed by atoms with E-state index in [0.29, 0.717) is 19.5 Å². The van der Waals surface area contributed by atoms with Crippen molar-refractivity contribution in [2.24, 2.45) is 5.92 Å². The van der Waals surface area contributed by atoms with Crippen LogP contribution in [0, 0.1) is 5.92 Å². The quantitative estimate of drug-likeness (QED) is 0.500. The van der Waals surface area contributed by atoms with Gasteiger partial charge in [-0.1, -0.05) is 12.1 Å². The second-order valence-corrected chi connectivity index (χ2v) is 8.16. The lowest BCUT2D eigenvalue weighted by Gasteiger charge is -2.31. The van der Waals surface area contributed by atoms with Gasteiger partial charge in [0, 0.05) is 24.8 Å². The molecule has 0 spiro atoms. The smallest absolute Gasteiger partial charge is 0.458 e. The highest BCUT2D eigenvalue weighted by molar-refractivity contribution is 7.09. The van der Waals surface area contributed by atoms with Crippen molar-refractivity contribution in [1.82, 2.24) is 9.88 Å².